The topological polar surface area (TPSA) is 104 Å². The van der Waals surface area contributed by atoms with Crippen LogP contribution in [0.25, 0.3) is 0 Å². The van der Waals surface area contributed by atoms with Crippen molar-refractivity contribution in [1.29, 1.82) is 0 Å². The Labute approximate surface area is 169 Å². The first kappa shape index (κ1) is 21.9. The summed E-state index contributed by atoms with van der Waals surface area (Å²) in [6.07, 6.45) is 0. The third-order valence-electron chi connectivity index (χ3n) is 3.39. The van der Waals surface area contributed by atoms with Gasteiger partial charge in [-0.2, -0.15) is 0 Å². The number of sulfonamides is 1. The zero-order valence-corrected chi connectivity index (χ0v) is 17.5. The molecule has 0 unspecified atom stereocenters. The molecule has 0 heterocycles. The number of hydrogen-bond acceptors (Lipinski definition) is 4. The van der Waals surface area contributed by atoms with Crippen molar-refractivity contribution in [1.82, 2.24) is 4.72 Å². The van der Waals surface area contributed by atoms with Crippen LogP contribution in [0.3, 0.4) is 0 Å². The number of hydrogen-bond donors (Lipinski definition) is 3. The lowest BCUT2D eigenvalue weighted by Gasteiger charge is -2.21. The second-order valence-corrected chi connectivity index (χ2v) is 9.27. The average Bonchev–Trinajstić information content (AvgIpc) is 2.54. The Morgan fingerprint density at radius 2 is 1.46 bits per heavy atom. The molecular weight excluding hydrogens is 402 g/mol. The van der Waals surface area contributed by atoms with Crippen molar-refractivity contribution >= 4 is 44.8 Å². The summed E-state index contributed by atoms with van der Waals surface area (Å²) in [6, 6.07) is 10.6. The van der Waals surface area contributed by atoms with Crippen LogP contribution < -0.4 is 15.4 Å². The fourth-order valence-electron chi connectivity index (χ4n) is 2.35. The monoisotopic (exact) mass is 423 g/mol. The SMILES string of the molecule is CC(=O)Nc1ccc(NC(=O)c2ccc(Cl)c(S(=O)(=O)NC(C)(C)C)c2)cc1. The number of carbonyl (C=O) groups excluding carboxylic acids is 2. The number of halogens is 1. The highest BCUT2D eigenvalue weighted by Gasteiger charge is 2.25. The Bertz CT molecular complexity index is 997. The molecule has 0 aliphatic rings. The van der Waals surface area contributed by atoms with Gasteiger partial charge in [-0.25, -0.2) is 13.1 Å². The molecule has 0 aliphatic heterocycles. The summed E-state index contributed by atoms with van der Waals surface area (Å²) in [5.74, 6) is -0.688. The summed E-state index contributed by atoms with van der Waals surface area (Å²) >= 11 is 6.05. The van der Waals surface area contributed by atoms with E-state index < -0.39 is 21.5 Å². The molecule has 150 valence electrons. The van der Waals surface area contributed by atoms with E-state index in [2.05, 4.69) is 15.4 Å². The molecule has 0 saturated heterocycles. The molecule has 0 aromatic heterocycles. The van der Waals surface area contributed by atoms with Crippen LogP contribution in [-0.2, 0) is 14.8 Å². The molecule has 2 amide bonds. The van der Waals surface area contributed by atoms with Crippen LogP contribution in [0, 0.1) is 0 Å². The highest BCUT2D eigenvalue weighted by atomic mass is 35.5. The van der Waals surface area contributed by atoms with Crippen molar-refractivity contribution in [3.8, 4) is 0 Å². The van der Waals surface area contributed by atoms with Gasteiger partial charge in [-0.05, 0) is 63.2 Å². The van der Waals surface area contributed by atoms with Crippen LogP contribution in [0.15, 0.2) is 47.4 Å². The fraction of sp³-hybridized carbons (Fsp3) is 0.263. The van der Waals surface area contributed by atoms with E-state index in [0.717, 1.165) is 0 Å². The largest absolute Gasteiger partial charge is 0.326 e. The summed E-state index contributed by atoms with van der Waals surface area (Å²) in [6.45, 7) is 6.52. The van der Waals surface area contributed by atoms with E-state index in [-0.39, 0.29) is 21.4 Å². The first-order valence-electron chi connectivity index (χ1n) is 8.40. The molecule has 0 atom stereocenters. The van der Waals surface area contributed by atoms with Gasteiger partial charge in [-0.3, -0.25) is 9.59 Å². The molecular formula is C19H22ClN3O4S. The molecule has 2 aromatic rings. The lowest BCUT2D eigenvalue weighted by atomic mass is 10.1. The minimum Gasteiger partial charge on any atom is -0.326 e. The molecule has 0 bridgehead atoms. The third-order valence-corrected chi connectivity index (χ3v) is 5.63. The van der Waals surface area contributed by atoms with E-state index in [9.17, 15) is 18.0 Å². The maximum Gasteiger partial charge on any atom is 0.255 e. The predicted octanol–water partition coefficient (Wildman–Crippen LogP) is 3.63. The van der Waals surface area contributed by atoms with E-state index in [1.165, 1.54) is 25.1 Å². The number of rotatable bonds is 5. The van der Waals surface area contributed by atoms with Crippen LogP contribution in [0.1, 0.15) is 38.1 Å². The smallest absolute Gasteiger partial charge is 0.255 e. The van der Waals surface area contributed by atoms with Crippen LogP contribution in [0.2, 0.25) is 5.02 Å². The van der Waals surface area contributed by atoms with Gasteiger partial charge in [0.2, 0.25) is 15.9 Å². The second kappa shape index (κ2) is 8.30. The van der Waals surface area contributed by atoms with Crippen LogP contribution in [-0.4, -0.2) is 25.8 Å². The highest BCUT2D eigenvalue weighted by molar-refractivity contribution is 7.89. The first-order chi connectivity index (χ1) is 12.9. The average molecular weight is 424 g/mol. The summed E-state index contributed by atoms with van der Waals surface area (Å²) < 4.78 is 27.6. The van der Waals surface area contributed by atoms with E-state index >= 15 is 0 Å². The molecule has 3 N–H and O–H groups in total. The normalized spacial score (nSPS) is 11.8. The van der Waals surface area contributed by atoms with Crippen LogP contribution >= 0.6 is 11.6 Å². The first-order valence-corrected chi connectivity index (χ1v) is 10.3. The van der Waals surface area contributed by atoms with Gasteiger partial charge < -0.3 is 10.6 Å². The van der Waals surface area contributed by atoms with Gasteiger partial charge in [0.25, 0.3) is 5.91 Å². The van der Waals surface area contributed by atoms with Crippen molar-refractivity contribution in [2.75, 3.05) is 10.6 Å². The van der Waals surface area contributed by atoms with Gasteiger partial charge in [-0.1, -0.05) is 11.6 Å². The Balaban J connectivity index is 2.24. The van der Waals surface area contributed by atoms with E-state index in [1.807, 2.05) is 0 Å². The molecule has 9 heteroatoms. The van der Waals surface area contributed by atoms with Gasteiger partial charge in [0.1, 0.15) is 4.90 Å². The van der Waals surface area contributed by atoms with Crippen molar-refractivity contribution in [3.63, 3.8) is 0 Å². The number of anilines is 2. The number of carbonyl (C=O) groups is 2. The molecule has 2 rings (SSSR count). The Hall–Kier alpha value is -2.42. The molecule has 0 spiro atoms. The van der Waals surface area contributed by atoms with Crippen molar-refractivity contribution in [3.05, 3.63) is 53.1 Å². The van der Waals surface area contributed by atoms with Gasteiger partial charge >= 0.3 is 0 Å². The Kier molecular flexibility index (Phi) is 6.48. The highest BCUT2D eigenvalue weighted by Crippen LogP contribution is 2.24. The summed E-state index contributed by atoms with van der Waals surface area (Å²) in [4.78, 5) is 23.4. The zero-order valence-electron chi connectivity index (χ0n) is 16.0. The number of benzene rings is 2. The van der Waals surface area contributed by atoms with Crippen molar-refractivity contribution in [2.24, 2.45) is 0 Å². The van der Waals surface area contributed by atoms with Gasteiger partial charge in [0.15, 0.2) is 0 Å². The maximum absolute atomic E-state index is 12.6. The van der Waals surface area contributed by atoms with Crippen molar-refractivity contribution < 1.29 is 18.0 Å². The Morgan fingerprint density at radius 1 is 0.929 bits per heavy atom. The molecule has 28 heavy (non-hydrogen) atoms. The van der Waals surface area contributed by atoms with E-state index in [0.29, 0.717) is 11.4 Å². The quantitative estimate of drug-likeness (QED) is 0.682. The lowest BCUT2D eigenvalue weighted by Crippen LogP contribution is -2.40. The molecule has 0 fully saturated rings. The standard InChI is InChI=1S/C19H22ClN3O4S/c1-12(24)21-14-6-8-15(9-7-14)22-18(25)13-5-10-16(20)17(11-13)28(26,27)23-19(2,3)4/h5-11,23H,1-4H3,(H,21,24)(H,22,25). The van der Waals surface area contributed by atoms with Crippen molar-refractivity contribution in [2.45, 2.75) is 38.1 Å². The Morgan fingerprint density at radius 3 is 1.96 bits per heavy atom. The summed E-state index contributed by atoms with van der Waals surface area (Å²) in [7, 11) is -3.90. The van der Waals surface area contributed by atoms with Crippen LogP contribution in [0.5, 0.6) is 0 Å². The maximum atomic E-state index is 12.6. The third kappa shape index (κ3) is 6.05. The van der Waals surface area contributed by atoms with Gasteiger partial charge in [0, 0.05) is 29.4 Å². The van der Waals surface area contributed by atoms with E-state index in [1.54, 1.807) is 45.0 Å². The molecule has 7 nitrogen and oxygen atoms in total. The predicted molar refractivity (Wildman–Crippen MR) is 110 cm³/mol. The van der Waals surface area contributed by atoms with Crippen LogP contribution in [0.4, 0.5) is 11.4 Å². The molecule has 0 aliphatic carbocycles. The molecule has 0 saturated carbocycles. The summed E-state index contributed by atoms with van der Waals surface area (Å²) in [5, 5.41) is 5.32. The fourth-order valence-corrected chi connectivity index (χ4v) is 4.30. The second-order valence-electron chi connectivity index (χ2n) is 7.21. The van der Waals surface area contributed by atoms with Gasteiger partial charge in [-0.15, -0.1) is 0 Å². The lowest BCUT2D eigenvalue weighted by molar-refractivity contribution is -0.114. The number of amides is 2. The minimum atomic E-state index is -3.90. The number of nitrogens with one attached hydrogen (secondary N) is 3. The molecule has 2 aromatic carbocycles. The van der Waals surface area contributed by atoms with E-state index in [4.69, 9.17) is 11.6 Å². The minimum absolute atomic E-state index is 0.0213. The molecule has 0 radical (unpaired) electrons. The zero-order chi connectivity index (χ0) is 21.1. The summed E-state index contributed by atoms with van der Waals surface area (Å²) in [5.41, 5.74) is 0.533. The van der Waals surface area contributed by atoms with Gasteiger partial charge in [0.05, 0.1) is 5.02 Å².